The summed E-state index contributed by atoms with van der Waals surface area (Å²) in [5.74, 6) is -0.697. The summed E-state index contributed by atoms with van der Waals surface area (Å²) < 4.78 is 11.1. The summed E-state index contributed by atoms with van der Waals surface area (Å²) in [6.07, 6.45) is 29.7. The number of carbonyl (C=O) groups excluding carboxylic acids is 1. The van der Waals surface area contributed by atoms with Gasteiger partial charge in [0.2, 0.25) is 5.91 Å². The van der Waals surface area contributed by atoms with Crippen LogP contribution in [0.1, 0.15) is 219 Å². The number of aliphatic hydroxyl groups excluding tert-OH is 7. The van der Waals surface area contributed by atoms with E-state index in [-0.39, 0.29) is 6.42 Å². The molecule has 0 spiro atoms. The normalized spacial score (nSPS) is 21.8. The minimum atomic E-state index is -1.66. The third-order valence-corrected chi connectivity index (χ3v) is 12.1. The Morgan fingerprint density at radius 1 is 0.576 bits per heavy atom. The van der Waals surface area contributed by atoms with Crippen LogP contribution in [0.5, 0.6) is 0 Å². The van der Waals surface area contributed by atoms with Gasteiger partial charge in [-0.15, -0.1) is 0 Å². The number of unbranched alkanes of at least 4 members (excludes halogenated alkanes) is 27. The van der Waals surface area contributed by atoms with Crippen LogP contribution >= 0.6 is 0 Å². The summed E-state index contributed by atoms with van der Waals surface area (Å²) in [6.45, 7) is 3.44. The average Bonchev–Trinajstić information content (AvgIpc) is 3.23. The molecule has 8 N–H and O–H groups in total. The van der Waals surface area contributed by atoms with Crippen LogP contribution in [0, 0.1) is 0 Å². The maximum atomic E-state index is 13.1. The number of hydrogen-bond donors (Lipinski definition) is 8. The van der Waals surface area contributed by atoms with E-state index in [1.54, 1.807) is 0 Å². The zero-order valence-corrected chi connectivity index (χ0v) is 37.7. The van der Waals surface area contributed by atoms with Crippen molar-refractivity contribution in [1.82, 2.24) is 5.32 Å². The van der Waals surface area contributed by atoms with E-state index < -0.39 is 74.2 Å². The fraction of sp³-hybridized carbons (Fsp3) is 0.938. The van der Waals surface area contributed by atoms with Crippen molar-refractivity contribution in [3.63, 3.8) is 0 Å². The number of allylic oxidation sites excluding steroid dienone is 2. The standard InChI is InChI=1S/C48H93NO10/c1-3-5-7-9-11-13-15-17-18-19-20-21-22-24-26-28-30-32-34-36-41(52)47(57)49-39(38-58-48-46(56)45(55)44(54)42(37-50)59-48)43(53)40(51)35-33-31-29-27-25-23-16-14-12-10-8-6-4-2/h17-18,39-46,48,50-56H,3-16,19-38H2,1-2H3,(H,49,57). The van der Waals surface area contributed by atoms with Gasteiger partial charge in [-0.05, 0) is 38.5 Å². The Kier molecular flexibility index (Phi) is 36.5. The van der Waals surface area contributed by atoms with E-state index >= 15 is 0 Å². The molecular weight excluding hydrogens is 751 g/mol. The molecule has 11 nitrogen and oxygen atoms in total. The first-order chi connectivity index (χ1) is 28.7. The maximum Gasteiger partial charge on any atom is 0.249 e. The van der Waals surface area contributed by atoms with Gasteiger partial charge in [0.15, 0.2) is 6.29 Å². The molecule has 1 amide bonds. The van der Waals surface area contributed by atoms with Crippen molar-refractivity contribution in [3.8, 4) is 0 Å². The van der Waals surface area contributed by atoms with Gasteiger partial charge in [-0.25, -0.2) is 0 Å². The van der Waals surface area contributed by atoms with Gasteiger partial charge in [-0.1, -0.05) is 193 Å². The van der Waals surface area contributed by atoms with Gasteiger partial charge < -0.3 is 50.5 Å². The van der Waals surface area contributed by atoms with Crippen molar-refractivity contribution in [1.29, 1.82) is 0 Å². The summed E-state index contributed by atoms with van der Waals surface area (Å²) >= 11 is 0. The SMILES string of the molecule is CCCCCCCCC=CCCCCCCCCCCCC(O)C(=O)NC(COC1OC(CO)C(O)C(O)C1O)C(O)C(O)CCCCCCCCCCCCCCC. The molecule has 1 aliphatic rings. The molecule has 0 aromatic carbocycles. The van der Waals surface area contributed by atoms with Gasteiger partial charge in [0.1, 0.15) is 36.6 Å². The number of ether oxygens (including phenoxy) is 2. The highest BCUT2D eigenvalue weighted by Crippen LogP contribution is 2.23. The Balaban J connectivity index is 2.40. The van der Waals surface area contributed by atoms with Crippen LogP contribution in [0.15, 0.2) is 12.2 Å². The molecule has 0 saturated carbocycles. The zero-order chi connectivity index (χ0) is 43.4. The molecule has 0 radical (unpaired) electrons. The maximum absolute atomic E-state index is 13.1. The fourth-order valence-electron chi connectivity index (χ4n) is 7.96. The van der Waals surface area contributed by atoms with Crippen LogP contribution in [0.2, 0.25) is 0 Å². The lowest BCUT2D eigenvalue weighted by Crippen LogP contribution is -2.60. The summed E-state index contributed by atoms with van der Waals surface area (Å²) in [7, 11) is 0. The van der Waals surface area contributed by atoms with Crippen LogP contribution in [0.3, 0.4) is 0 Å². The molecule has 59 heavy (non-hydrogen) atoms. The lowest BCUT2D eigenvalue weighted by molar-refractivity contribution is -0.303. The second-order valence-corrected chi connectivity index (χ2v) is 17.5. The Morgan fingerprint density at radius 2 is 0.983 bits per heavy atom. The Hall–Kier alpha value is -1.15. The van der Waals surface area contributed by atoms with E-state index in [1.165, 1.54) is 141 Å². The van der Waals surface area contributed by atoms with Crippen molar-refractivity contribution < 1.29 is 50.0 Å². The summed E-state index contributed by atoms with van der Waals surface area (Å²) in [6, 6.07) is -1.16. The Bertz CT molecular complexity index is 970. The van der Waals surface area contributed by atoms with Crippen LogP contribution in [0.4, 0.5) is 0 Å². The molecule has 11 heteroatoms. The Morgan fingerprint density at radius 3 is 1.42 bits per heavy atom. The van der Waals surface area contributed by atoms with Gasteiger partial charge in [-0.2, -0.15) is 0 Å². The third kappa shape index (κ3) is 28.2. The lowest BCUT2D eigenvalue weighted by Gasteiger charge is -2.40. The van der Waals surface area contributed by atoms with Crippen LogP contribution in [0.25, 0.3) is 0 Å². The summed E-state index contributed by atoms with van der Waals surface area (Å²) in [4.78, 5) is 13.1. The van der Waals surface area contributed by atoms with Gasteiger partial charge in [-0.3, -0.25) is 4.79 Å². The van der Waals surface area contributed by atoms with Crippen LogP contribution < -0.4 is 5.32 Å². The second kappa shape index (κ2) is 38.5. The van der Waals surface area contributed by atoms with E-state index in [4.69, 9.17) is 9.47 Å². The predicted molar refractivity (Wildman–Crippen MR) is 238 cm³/mol. The summed E-state index contributed by atoms with van der Waals surface area (Å²) in [5, 5.41) is 75.7. The number of amides is 1. The first kappa shape index (κ1) is 55.9. The molecule has 0 bridgehead atoms. The number of aliphatic hydroxyl groups is 7. The summed E-state index contributed by atoms with van der Waals surface area (Å²) in [5.41, 5.74) is 0. The minimum absolute atomic E-state index is 0.260. The molecule has 1 rings (SSSR count). The molecule has 1 saturated heterocycles. The molecule has 350 valence electrons. The van der Waals surface area contributed by atoms with Crippen molar-refractivity contribution in [3.05, 3.63) is 12.2 Å². The van der Waals surface area contributed by atoms with E-state index in [2.05, 4.69) is 31.3 Å². The molecule has 9 atom stereocenters. The van der Waals surface area contributed by atoms with E-state index in [1.807, 2.05) is 0 Å². The largest absolute Gasteiger partial charge is 0.394 e. The highest BCUT2D eigenvalue weighted by Gasteiger charge is 2.44. The zero-order valence-electron chi connectivity index (χ0n) is 37.7. The quantitative estimate of drug-likeness (QED) is 0.0219. The van der Waals surface area contributed by atoms with Crippen LogP contribution in [-0.4, -0.2) is 110 Å². The average molecular weight is 844 g/mol. The molecular formula is C48H93NO10. The van der Waals surface area contributed by atoms with Gasteiger partial charge >= 0.3 is 0 Å². The smallest absolute Gasteiger partial charge is 0.249 e. The highest BCUT2D eigenvalue weighted by atomic mass is 16.7. The molecule has 0 aromatic rings. The molecule has 0 aromatic heterocycles. The first-order valence-corrected chi connectivity index (χ1v) is 24.6. The number of rotatable bonds is 41. The van der Waals surface area contributed by atoms with Gasteiger partial charge in [0, 0.05) is 0 Å². The van der Waals surface area contributed by atoms with Crippen molar-refractivity contribution in [2.45, 2.75) is 274 Å². The predicted octanol–water partition coefficient (Wildman–Crippen LogP) is 8.45. The Labute approximate surface area is 360 Å². The fourth-order valence-corrected chi connectivity index (χ4v) is 7.96. The van der Waals surface area contributed by atoms with Gasteiger partial charge in [0.25, 0.3) is 0 Å². The topological polar surface area (TPSA) is 189 Å². The van der Waals surface area contributed by atoms with Crippen molar-refractivity contribution >= 4 is 5.91 Å². The monoisotopic (exact) mass is 844 g/mol. The molecule has 9 unspecified atom stereocenters. The van der Waals surface area contributed by atoms with Gasteiger partial charge in [0.05, 0.1) is 25.4 Å². The van der Waals surface area contributed by atoms with E-state index in [0.29, 0.717) is 19.3 Å². The minimum Gasteiger partial charge on any atom is -0.394 e. The number of carbonyl (C=O) groups is 1. The lowest BCUT2D eigenvalue weighted by atomic mass is 9.98. The third-order valence-electron chi connectivity index (χ3n) is 12.1. The molecule has 0 aliphatic carbocycles. The van der Waals surface area contributed by atoms with Crippen molar-refractivity contribution in [2.75, 3.05) is 13.2 Å². The highest BCUT2D eigenvalue weighted by molar-refractivity contribution is 5.80. The van der Waals surface area contributed by atoms with Crippen LogP contribution in [-0.2, 0) is 14.3 Å². The van der Waals surface area contributed by atoms with Crippen molar-refractivity contribution in [2.24, 2.45) is 0 Å². The molecule has 1 heterocycles. The molecule has 1 aliphatic heterocycles. The van der Waals surface area contributed by atoms with E-state index in [9.17, 15) is 40.5 Å². The second-order valence-electron chi connectivity index (χ2n) is 17.5. The first-order valence-electron chi connectivity index (χ1n) is 24.6. The molecule has 1 fully saturated rings. The number of nitrogens with one attached hydrogen (secondary N) is 1. The number of hydrogen-bond acceptors (Lipinski definition) is 10. The van der Waals surface area contributed by atoms with E-state index in [0.717, 1.165) is 38.5 Å².